The molecule has 1 saturated heterocycles. The molecule has 1 amide bonds. The average Bonchev–Trinajstić information content (AvgIpc) is 2.35. The van der Waals surface area contributed by atoms with E-state index in [1.54, 1.807) is 11.0 Å². The van der Waals surface area contributed by atoms with E-state index in [4.69, 9.17) is 22.1 Å². The van der Waals surface area contributed by atoms with E-state index in [0.29, 0.717) is 24.7 Å². The molecule has 5 heteroatoms. The maximum atomic E-state index is 11.8. The molecule has 4 nitrogen and oxygen atoms in total. The second-order valence-corrected chi connectivity index (χ2v) is 4.97. The van der Waals surface area contributed by atoms with Crippen LogP contribution >= 0.6 is 11.6 Å². The Morgan fingerprint density at radius 2 is 2.33 bits per heavy atom. The van der Waals surface area contributed by atoms with Crippen molar-refractivity contribution in [3.63, 3.8) is 0 Å². The summed E-state index contributed by atoms with van der Waals surface area (Å²) in [5, 5.41) is 0.654. The first-order chi connectivity index (χ1) is 8.61. The van der Waals surface area contributed by atoms with Crippen molar-refractivity contribution in [2.45, 2.75) is 13.3 Å². The molecule has 1 fully saturated rings. The first-order valence-electron chi connectivity index (χ1n) is 6.02. The highest BCUT2D eigenvalue weighted by atomic mass is 35.5. The number of carbonyl (C=O) groups excluding carboxylic acids is 1. The predicted molar refractivity (Wildman–Crippen MR) is 72.0 cm³/mol. The van der Waals surface area contributed by atoms with Crippen LogP contribution in [0, 0.1) is 12.8 Å². The van der Waals surface area contributed by atoms with Gasteiger partial charge in [-0.3, -0.25) is 4.90 Å². The molecule has 1 aromatic carbocycles. The number of carbonyl (C=O) groups is 1. The Hall–Kier alpha value is -1.26. The minimum absolute atomic E-state index is 0.285. The third-order valence-corrected chi connectivity index (χ3v) is 3.55. The molecular formula is C13H17ClN2O2. The van der Waals surface area contributed by atoms with Crippen LogP contribution in [0.25, 0.3) is 0 Å². The molecule has 0 saturated carbocycles. The maximum absolute atomic E-state index is 11.8. The molecule has 0 aromatic heterocycles. The lowest BCUT2D eigenvalue weighted by atomic mass is 10.0. The first-order valence-corrected chi connectivity index (χ1v) is 6.40. The van der Waals surface area contributed by atoms with E-state index < -0.39 is 0 Å². The molecule has 98 valence electrons. The van der Waals surface area contributed by atoms with E-state index in [1.807, 2.05) is 19.1 Å². The topological polar surface area (TPSA) is 55.6 Å². The van der Waals surface area contributed by atoms with Gasteiger partial charge in [-0.25, -0.2) is 4.79 Å². The van der Waals surface area contributed by atoms with Crippen LogP contribution in [0.5, 0.6) is 0 Å². The first kappa shape index (κ1) is 13.2. The largest absolute Gasteiger partial charge is 0.449 e. The summed E-state index contributed by atoms with van der Waals surface area (Å²) in [7, 11) is 0. The maximum Gasteiger partial charge on any atom is 0.414 e. The lowest BCUT2D eigenvalue weighted by Gasteiger charge is -2.32. The summed E-state index contributed by atoms with van der Waals surface area (Å²) in [6.45, 7) is 3.62. The van der Waals surface area contributed by atoms with Gasteiger partial charge in [-0.1, -0.05) is 17.7 Å². The number of amides is 1. The number of rotatable bonds is 3. The molecule has 1 atom stereocenters. The molecule has 1 aromatic rings. The third-order valence-electron chi connectivity index (χ3n) is 3.15. The van der Waals surface area contributed by atoms with Crippen LogP contribution in [0.3, 0.4) is 0 Å². The second-order valence-electron chi connectivity index (χ2n) is 4.56. The number of cyclic esters (lactones) is 1. The summed E-state index contributed by atoms with van der Waals surface area (Å²) in [6.07, 6.45) is 0.534. The van der Waals surface area contributed by atoms with Crippen LogP contribution in [0.4, 0.5) is 10.5 Å². The molecule has 0 spiro atoms. The number of hydrogen-bond acceptors (Lipinski definition) is 3. The fraction of sp³-hybridized carbons (Fsp3) is 0.462. The summed E-state index contributed by atoms with van der Waals surface area (Å²) >= 11 is 6.08. The van der Waals surface area contributed by atoms with Crippen molar-refractivity contribution in [3.8, 4) is 0 Å². The summed E-state index contributed by atoms with van der Waals surface area (Å²) in [5.74, 6) is 0.285. The summed E-state index contributed by atoms with van der Waals surface area (Å²) < 4.78 is 5.17. The van der Waals surface area contributed by atoms with Gasteiger partial charge in [0, 0.05) is 23.2 Å². The van der Waals surface area contributed by atoms with Crippen molar-refractivity contribution in [1.29, 1.82) is 0 Å². The molecule has 0 radical (unpaired) electrons. The van der Waals surface area contributed by atoms with Gasteiger partial charge in [0.05, 0.1) is 6.61 Å². The van der Waals surface area contributed by atoms with E-state index in [1.165, 1.54) is 0 Å². The van der Waals surface area contributed by atoms with Crippen molar-refractivity contribution < 1.29 is 9.53 Å². The Morgan fingerprint density at radius 3 is 3.00 bits per heavy atom. The van der Waals surface area contributed by atoms with Crippen LogP contribution in [0.2, 0.25) is 5.02 Å². The standard InChI is InChI=1S/C13H17ClN2O2/c1-9-2-3-11(6-12(9)14)16-7-10(4-5-15)8-18-13(16)17/h2-3,6,10H,4-5,7-8,15H2,1H3. The van der Waals surface area contributed by atoms with Crippen molar-refractivity contribution in [3.05, 3.63) is 28.8 Å². The minimum Gasteiger partial charge on any atom is -0.449 e. The molecular weight excluding hydrogens is 252 g/mol. The molecule has 1 aliphatic heterocycles. The van der Waals surface area contributed by atoms with Crippen molar-refractivity contribution >= 4 is 23.4 Å². The molecule has 0 aliphatic carbocycles. The van der Waals surface area contributed by atoms with E-state index >= 15 is 0 Å². The number of halogens is 1. The van der Waals surface area contributed by atoms with Gasteiger partial charge >= 0.3 is 6.09 Å². The lowest BCUT2D eigenvalue weighted by molar-refractivity contribution is 0.113. The van der Waals surface area contributed by atoms with Gasteiger partial charge in [-0.05, 0) is 37.6 Å². The number of benzene rings is 1. The average molecular weight is 269 g/mol. The Balaban J connectivity index is 2.18. The Morgan fingerprint density at radius 1 is 1.56 bits per heavy atom. The normalized spacial score (nSPS) is 19.8. The number of aryl methyl sites for hydroxylation is 1. The fourth-order valence-electron chi connectivity index (χ4n) is 2.02. The Kier molecular flexibility index (Phi) is 4.09. The van der Waals surface area contributed by atoms with Gasteiger partial charge in [0.1, 0.15) is 0 Å². The van der Waals surface area contributed by atoms with E-state index in [2.05, 4.69) is 0 Å². The smallest absolute Gasteiger partial charge is 0.414 e. The Bertz CT molecular complexity index is 451. The Labute approximate surface area is 112 Å². The number of anilines is 1. The molecule has 2 rings (SSSR count). The second kappa shape index (κ2) is 5.59. The van der Waals surface area contributed by atoms with Crippen molar-refractivity contribution in [1.82, 2.24) is 0 Å². The van der Waals surface area contributed by atoms with Crippen LogP contribution in [0.1, 0.15) is 12.0 Å². The molecule has 18 heavy (non-hydrogen) atoms. The molecule has 1 aliphatic rings. The number of hydrogen-bond donors (Lipinski definition) is 1. The molecule has 2 N–H and O–H groups in total. The van der Waals surface area contributed by atoms with Gasteiger partial charge < -0.3 is 10.5 Å². The monoisotopic (exact) mass is 268 g/mol. The summed E-state index contributed by atoms with van der Waals surface area (Å²) in [5.41, 5.74) is 7.31. The molecule has 1 unspecified atom stereocenters. The number of nitrogens with two attached hydrogens (primary N) is 1. The van der Waals surface area contributed by atoms with Gasteiger partial charge in [-0.2, -0.15) is 0 Å². The molecule has 0 bridgehead atoms. The van der Waals surface area contributed by atoms with Crippen LogP contribution < -0.4 is 10.6 Å². The van der Waals surface area contributed by atoms with Crippen LogP contribution in [-0.2, 0) is 4.74 Å². The quantitative estimate of drug-likeness (QED) is 0.917. The predicted octanol–water partition coefficient (Wildman–Crippen LogP) is 2.57. The summed E-state index contributed by atoms with van der Waals surface area (Å²) in [6, 6.07) is 5.58. The number of ether oxygens (including phenoxy) is 1. The van der Waals surface area contributed by atoms with Gasteiger partial charge in [0.25, 0.3) is 0 Å². The zero-order chi connectivity index (χ0) is 13.1. The van der Waals surface area contributed by atoms with E-state index in [-0.39, 0.29) is 12.0 Å². The lowest BCUT2D eigenvalue weighted by Crippen LogP contribution is -2.43. The number of nitrogens with zero attached hydrogens (tertiary/aromatic N) is 1. The van der Waals surface area contributed by atoms with Crippen molar-refractivity contribution in [2.75, 3.05) is 24.6 Å². The SMILES string of the molecule is Cc1ccc(N2CC(CCN)COC2=O)cc1Cl. The van der Waals surface area contributed by atoms with E-state index in [0.717, 1.165) is 17.7 Å². The van der Waals surface area contributed by atoms with Crippen LogP contribution in [0.15, 0.2) is 18.2 Å². The molecule has 1 heterocycles. The van der Waals surface area contributed by atoms with Gasteiger partial charge in [0.2, 0.25) is 0 Å². The highest BCUT2D eigenvalue weighted by molar-refractivity contribution is 6.31. The fourth-order valence-corrected chi connectivity index (χ4v) is 2.20. The highest BCUT2D eigenvalue weighted by Crippen LogP contribution is 2.26. The third kappa shape index (κ3) is 2.76. The van der Waals surface area contributed by atoms with Crippen molar-refractivity contribution in [2.24, 2.45) is 11.7 Å². The van der Waals surface area contributed by atoms with Gasteiger partial charge in [-0.15, -0.1) is 0 Å². The summed E-state index contributed by atoms with van der Waals surface area (Å²) in [4.78, 5) is 13.4. The van der Waals surface area contributed by atoms with Crippen LogP contribution in [-0.4, -0.2) is 25.8 Å². The zero-order valence-corrected chi connectivity index (χ0v) is 11.1. The van der Waals surface area contributed by atoms with E-state index in [9.17, 15) is 4.79 Å². The minimum atomic E-state index is -0.316. The zero-order valence-electron chi connectivity index (χ0n) is 10.4. The highest BCUT2D eigenvalue weighted by Gasteiger charge is 2.28. The van der Waals surface area contributed by atoms with Gasteiger partial charge in [0.15, 0.2) is 0 Å².